The summed E-state index contributed by atoms with van der Waals surface area (Å²) in [6.07, 6.45) is 3.36. The van der Waals surface area contributed by atoms with Crippen molar-refractivity contribution in [1.82, 2.24) is 14.3 Å². The van der Waals surface area contributed by atoms with E-state index in [1.165, 1.54) is 11.3 Å². The van der Waals surface area contributed by atoms with E-state index in [0.717, 1.165) is 26.6 Å². The van der Waals surface area contributed by atoms with Gasteiger partial charge in [-0.2, -0.15) is 0 Å². The van der Waals surface area contributed by atoms with E-state index in [1.807, 2.05) is 50.2 Å². The summed E-state index contributed by atoms with van der Waals surface area (Å²) in [5.74, 6) is 0.0239. The third-order valence-electron chi connectivity index (χ3n) is 3.14. The highest BCUT2D eigenvalue weighted by molar-refractivity contribution is 7.19. The lowest BCUT2D eigenvalue weighted by atomic mass is 10.2. The van der Waals surface area contributed by atoms with Crippen molar-refractivity contribution in [3.8, 4) is 0 Å². The maximum absolute atomic E-state index is 12.2. The second-order valence-corrected chi connectivity index (χ2v) is 5.86. The van der Waals surface area contributed by atoms with Gasteiger partial charge in [-0.3, -0.25) is 9.20 Å². The van der Waals surface area contributed by atoms with Gasteiger partial charge in [0, 0.05) is 32.1 Å². The number of rotatable bonds is 3. The van der Waals surface area contributed by atoms with Crippen LogP contribution in [0.25, 0.3) is 16.0 Å². The molecule has 0 amide bonds. The molecule has 3 aromatic rings. The predicted octanol–water partition coefficient (Wildman–Crippen LogP) is 3.12. The summed E-state index contributed by atoms with van der Waals surface area (Å²) < 4.78 is 2.05. The molecule has 0 saturated heterocycles. The van der Waals surface area contributed by atoms with Gasteiger partial charge in [0.2, 0.25) is 0 Å². The molecule has 2 heterocycles. The molecule has 102 valence electrons. The third-order valence-corrected chi connectivity index (χ3v) is 4.29. The van der Waals surface area contributed by atoms with E-state index in [2.05, 4.69) is 9.38 Å². The van der Waals surface area contributed by atoms with Crippen LogP contribution >= 0.6 is 11.3 Å². The molecular formula is C15H15N3OS. The smallest absolute Gasteiger partial charge is 0.199 e. The Hall–Kier alpha value is -2.14. The summed E-state index contributed by atoms with van der Waals surface area (Å²) in [5, 5.41) is 0. The van der Waals surface area contributed by atoms with Gasteiger partial charge in [0.25, 0.3) is 0 Å². The van der Waals surface area contributed by atoms with E-state index < -0.39 is 0 Å². The maximum Gasteiger partial charge on any atom is 0.199 e. The molecule has 0 fully saturated rings. The van der Waals surface area contributed by atoms with Crippen molar-refractivity contribution in [1.29, 1.82) is 0 Å². The molecule has 0 unspecified atom stereocenters. The second kappa shape index (κ2) is 4.76. The van der Waals surface area contributed by atoms with Gasteiger partial charge in [-0.1, -0.05) is 23.5 Å². The third kappa shape index (κ3) is 2.00. The van der Waals surface area contributed by atoms with Gasteiger partial charge in [0.15, 0.2) is 10.7 Å². The van der Waals surface area contributed by atoms with Crippen LogP contribution < -0.4 is 0 Å². The molecule has 0 radical (unpaired) electrons. The summed E-state index contributed by atoms with van der Waals surface area (Å²) in [6.45, 7) is 1.97. The summed E-state index contributed by atoms with van der Waals surface area (Å²) >= 11 is 1.44. The number of thiazole rings is 1. The molecule has 0 bridgehead atoms. The van der Waals surface area contributed by atoms with Crippen LogP contribution in [0.5, 0.6) is 0 Å². The Morgan fingerprint density at radius 2 is 2.10 bits per heavy atom. The molecular weight excluding hydrogens is 270 g/mol. The highest BCUT2D eigenvalue weighted by atomic mass is 32.1. The van der Waals surface area contributed by atoms with Crippen molar-refractivity contribution in [2.24, 2.45) is 0 Å². The largest absolute Gasteiger partial charge is 0.383 e. The van der Waals surface area contributed by atoms with Crippen LogP contribution in [0, 0.1) is 6.92 Å². The number of hydrogen-bond acceptors (Lipinski definition) is 4. The van der Waals surface area contributed by atoms with E-state index in [1.54, 1.807) is 12.3 Å². The van der Waals surface area contributed by atoms with Crippen molar-refractivity contribution < 1.29 is 4.79 Å². The number of para-hydroxylation sites is 2. The van der Waals surface area contributed by atoms with Gasteiger partial charge < -0.3 is 4.90 Å². The first kappa shape index (κ1) is 12.9. The molecule has 4 nitrogen and oxygen atoms in total. The predicted molar refractivity (Wildman–Crippen MR) is 82.5 cm³/mol. The molecule has 3 rings (SSSR count). The Morgan fingerprint density at radius 1 is 1.35 bits per heavy atom. The number of nitrogens with zero attached hydrogens (tertiary/aromatic N) is 3. The van der Waals surface area contributed by atoms with Crippen LogP contribution in [0.3, 0.4) is 0 Å². The van der Waals surface area contributed by atoms with Crippen LogP contribution in [0.1, 0.15) is 15.4 Å². The van der Waals surface area contributed by atoms with Crippen molar-refractivity contribution in [2.45, 2.75) is 6.92 Å². The SMILES string of the molecule is Cc1c(C(=O)C=CN(C)C)sc2nc3ccccc3n12. The fourth-order valence-corrected chi connectivity index (χ4v) is 3.24. The van der Waals surface area contributed by atoms with Crippen molar-refractivity contribution in [3.05, 3.63) is 47.1 Å². The minimum atomic E-state index is 0.0239. The van der Waals surface area contributed by atoms with E-state index in [0.29, 0.717) is 0 Å². The summed E-state index contributed by atoms with van der Waals surface area (Å²) in [6, 6.07) is 7.97. The molecule has 0 atom stereocenters. The quantitative estimate of drug-likeness (QED) is 0.548. The van der Waals surface area contributed by atoms with E-state index in [9.17, 15) is 4.79 Å². The monoisotopic (exact) mass is 285 g/mol. The van der Waals surface area contributed by atoms with Crippen molar-refractivity contribution >= 4 is 33.1 Å². The molecule has 2 aromatic heterocycles. The minimum absolute atomic E-state index is 0.0239. The molecule has 0 N–H and O–H groups in total. The van der Waals surface area contributed by atoms with Crippen LogP contribution in [-0.2, 0) is 0 Å². The number of ketones is 1. The summed E-state index contributed by atoms with van der Waals surface area (Å²) in [7, 11) is 3.79. The number of aromatic nitrogens is 2. The first-order valence-corrected chi connectivity index (χ1v) is 7.15. The molecule has 20 heavy (non-hydrogen) atoms. The number of carbonyl (C=O) groups excluding carboxylic acids is 1. The minimum Gasteiger partial charge on any atom is -0.383 e. The fraction of sp³-hybridized carbons (Fsp3) is 0.200. The zero-order chi connectivity index (χ0) is 14.3. The fourth-order valence-electron chi connectivity index (χ4n) is 2.18. The van der Waals surface area contributed by atoms with Gasteiger partial charge in [-0.25, -0.2) is 4.98 Å². The van der Waals surface area contributed by atoms with Crippen LogP contribution in [0.15, 0.2) is 36.5 Å². The highest BCUT2D eigenvalue weighted by Crippen LogP contribution is 2.28. The molecule has 0 aliphatic heterocycles. The molecule has 0 aliphatic rings. The lowest BCUT2D eigenvalue weighted by Crippen LogP contribution is -2.03. The Morgan fingerprint density at radius 3 is 2.85 bits per heavy atom. The summed E-state index contributed by atoms with van der Waals surface area (Å²) in [5.41, 5.74) is 2.96. The Kier molecular flexibility index (Phi) is 3.06. The number of aryl methyl sites for hydroxylation is 1. The van der Waals surface area contributed by atoms with Crippen LogP contribution in [0.2, 0.25) is 0 Å². The van der Waals surface area contributed by atoms with Gasteiger partial charge in [-0.15, -0.1) is 0 Å². The van der Waals surface area contributed by atoms with Gasteiger partial charge in [0.1, 0.15) is 0 Å². The van der Waals surface area contributed by atoms with Crippen LogP contribution in [0.4, 0.5) is 0 Å². The lowest BCUT2D eigenvalue weighted by molar-refractivity contribution is 0.104. The topological polar surface area (TPSA) is 37.6 Å². The standard InChI is InChI=1S/C15H15N3OS/c1-10-14(13(19)8-9-17(2)3)20-15-16-11-6-4-5-7-12(11)18(10)15/h4-9H,1-3H3. The number of allylic oxidation sites excluding steroid dienone is 1. The molecule has 0 aliphatic carbocycles. The van der Waals surface area contributed by atoms with E-state index in [-0.39, 0.29) is 5.78 Å². The van der Waals surface area contributed by atoms with Gasteiger partial charge in [0.05, 0.1) is 15.9 Å². The Balaban J connectivity index is 2.14. The molecule has 5 heteroatoms. The van der Waals surface area contributed by atoms with Gasteiger partial charge >= 0.3 is 0 Å². The first-order valence-electron chi connectivity index (χ1n) is 6.33. The first-order chi connectivity index (χ1) is 9.58. The van der Waals surface area contributed by atoms with Crippen LogP contribution in [-0.4, -0.2) is 34.2 Å². The number of imidazole rings is 1. The molecule has 0 spiro atoms. The van der Waals surface area contributed by atoms with Gasteiger partial charge in [-0.05, 0) is 19.1 Å². The second-order valence-electron chi connectivity index (χ2n) is 4.88. The van der Waals surface area contributed by atoms with Crippen molar-refractivity contribution in [2.75, 3.05) is 14.1 Å². The average Bonchev–Trinajstić information content (AvgIpc) is 2.93. The normalized spacial score (nSPS) is 11.8. The van der Waals surface area contributed by atoms with E-state index in [4.69, 9.17) is 0 Å². The summed E-state index contributed by atoms with van der Waals surface area (Å²) in [4.78, 5) is 20.3. The number of benzene rings is 1. The maximum atomic E-state index is 12.2. The zero-order valence-corrected chi connectivity index (χ0v) is 12.4. The number of carbonyl (C=O) groups is 1. The number of fused-ring (bicyclic) bond motifs is 3. The van der Waals surface area contributed by atoms with Crippen molar-refractivity contribution in [3.63, 3.8) is 0 Å². The number of hydrogen-bond donors (Lipinski definition) is 0. The molecule has 0 saturated carbocycles. The zero-order valence-electron chi connectivity index (χ0n) is 11.6. The molecule has 1 aromatic carbocycles. The Labute approximate surface area is 121 Å². The van der Waals surface area contributed by atoms with E-state index >= 15 is 0 Å². The lowest BCUT2D eigenvalue weighted by Gasteiger charge is -2.02. The highest BCUT2D eigenvalue weighted by Gasteiger charge is 2.16. The Bertz CT molecular complexity index is 826. The average molecular weight is 285 g/mol.